The fourth-order valence-corrected chi connectivity index (χ4v) is 4.16. The Balaban J connectivity index is 1.69. The van der Waals surface area contributed by atoms with Gasteiger partial charge in [0.2, 0.25) is 6.79 Å². The number of fused-ring (bicyclic) bond motifs is 2. The molecule has 0 fully saturated rings. The van der Waals surface area contributed by atoms with Crippen molar-refractivity contribution in [3.05, 3.63) is 45.4 Å². The summed E-state index contributed by atoms with van der Waals surface area (Å²) in [5.41, 5.74) is 3.33. The monoisotopic (exact) mass is 429 g/mol. The van der Waals surface area contributed by atoms with Crippen molar-refractivity contribution in [1.29, 1.82) is 0 Å². The fourth-order valence-electron chi connectivity index (χ4n) is 3.72. The van der Waals surface area contributed by atoms with Gasteiger partial charge in [-0.15, -0.1) is 6.42 Å². The SMILES string of the molecule is C#C[C@@H]1c2cc(OC)c(OC)cc2CCN1Cc1c(Br)ccc2c1OCO2. The van der Waals surface area contributed by atoms with Crippen LogP contribution in [0.4, 0.5) is 0 Å². The van der Waals surface area contributed by atoms with Crippen LogP contribution >= 0.6 is 15.9 Å². The van der Waals surface area contributed by atoms with Gasteiger partial charge in [0.15, 0.2) is 23.0 Å². The lowest BCUT2D eigenvalue weighted by Gasteiger charge is -2.35. The van der Waals surface area contributed by atoms with E-state index < -0.39 is 0 Å². The van der Waals surface area contributed by atoms with E-state index in [-0.39, 0.29) is 12.8 Å². The highest BCUT2D eigenvalue weighted by Gasteiger charge is 2.30. The van der Waals surface area contributed by atoms with Gasteiger partial charge in [-0.2, -0.15) is 0 Å². The molecule has 0 spiro atoms. The van der Waals surface area contributed by atoms with Crippen molar-refractivity contribution >= 4 is 15.9 Å². The Morgan fingerprint density at radius 2 is 2.00 bits per heavy atom. The molecule has 27 heavy (non-hydrogen) atoms. The molecule has 0 radical (unpaired) electrons. The van der Waals surface area contributed by atoms with Crippen molar-refractivity contribution in [2.24, 2.45) is 0 Å². The van der Waals surface area contributed by atoms with Crippen molar-refractivity contribution in [3.63, 3.8) is 0 Å². The third-order valence-corrected chi connectivity index (χ3v) is 5.82. The van der Waals surface area contributed by atoms with Gasteiger partial charge in [-0.25, -0.2) is 0 Å². The molecule has 0 amide bonds. The first kappa shape index (κ1) is 18.0. The zero-order chi connectivity index (χ0) is 19.0. The van der Waals surface area contributed by atoms with E-state index in [0.717, 1.165) is 45.8 Å². The molecule has 0 bridgehead atoms. The number of hydrogen-bond acceptors (Lipinski definition) is 5. The minimum Gasteiger partial charge on any atom is -0.493 e. The number of nitrogens with zero attached hydrogens (tertiary/aromatic N) is 1. The molecular formula is C21H20BrNO4. The van der Waals surface area contributed by atoms with Gasteiger partial charge in [0, 0.05) is 23.1 Å². The number of halogens is 1. The highest BCUT2D eigenvalue weighted by Crippen LogP contribution is 2.43. The molecule has 1 atom stereocenters. The van der Waals surface area contributed by atoms with E-state index in [9.17, 15) is 0 Å². The zero-order valence-corrected chi connectivity index (χ0v) is 16.8. The van der Waals surface area contributed by atoms with E-state index in [0.29, 0.717) is 12.3 Å². The third kappa shape index (κ3) is 3.11. The summed E-state index contributed by atoms with van der Waals surface area (Å²) < 4.78 is 23.1. The van der Waals surface area contributed by atoms with Crippen molar-refractivity contribution in [2.45, 2.75) is 19.0 Å². The standard InChI is InChI=1S/C21H20BrNO4/c1-4-17-14-10-20(25-3)19(24-2)9-13(14)7-8-23(17)11-15-16(22)5-6-18-21(15)27-12-26-18/h1,5-6,9-10,17H,7-8,11-12H2,2-3H3/t17-/m1/s1. The number of hydrogen-bond donors (Lipinski definition) is 0. The number of ether oxygens (including phenoxy) is 4. The summed E-state index contributed by atoms with van der Waals surface area (Å²) in [6.45, 7) is 1.75. The first-order valence-electron chi connectivity index (χ1n) is 8.68. The van der Waals surface area contributed by atoms with Gasteiger partial charge in [-0.1, -0.05) is 21.9 Å². The topological polar surface area (TPSA) is 40.2 Å². The molecular weight excluding hydrogens is 410 g/mol. The maximum atomic E-state index is 5.94. The summed E-state index contributed by atoms with van der Waals surface area (Å²) in [6, 6.07) is 7.77. The molecule has 2 heterocycles. The highest BCUT2D eigenvalue weighted by atomic mass is 79.9. The second-order valence-corrected chi connectivity index (χ2v) is 7.31. The number of terminal acetylenes is 1. The van der Waals surface area contributed by atoms with Crippen molar-refractivity contribution in [1.82, 2.24) is 4.90 Å². The number of rotatable bonds is 4. The fraction of sp³-hybridized carbons (Fsp3) is 0.333. The molecule has 0 saturated heterocycles. The van der Waals surface area contributed by atoms with Crippen LogP contribution in [0.3, 0.4) is 0 Å². The molecule has 140 valence electrons. The summed E-state index contributed by atoms with van der Waals surface area (Å²) in [5, 5.41) is 0. The van der Waals surface area contributed by atoms with Crippen LogP contribution in [0.1, 0.15) is 22.7 Å². The molecule has 0 aliphatic carbocycles. The Morgan fingerprint density at radius 3 is 2.74 bits per heavy atom. The summed E-state index contributed by atoms with van der Waals surface area (Å²) in [6.07, 6.45) is 6.83. The van der Waals surface area contributed by atoms with Crippen LogP contribution in [0.5, 0.6) is 23.0 Å². The van der Waals surface area contributed by atoms with Crippen LogP contribution in [-0.2, 0) is 13.0 Å². The summed E-state index contributed by atoms with van der Waals surface area (Å²) in [5.74, 6) is 5.93. The van der Waals surface area contributed by atoms with Crippen LogP contribution in [0.25, 0.3) is 0 Å². The Hall–Kier alpha value is -2.36. The van der Waals surface area contributed by atoms with Crippen LogP contribution in [0.2, 0.25) is 0 Å². The smallest absolute Gasteiger partial charge is 0.231 e. The predicted molar refractivity (Wildman–Crippen MR) is 105 cm³/mol. The lowest BCUT2D eigenvalue weighted by Crippen LogP contribution is -2.34. The zero-order valence-electron chi connectivity index (χ0n) is 15.3. The van der Waals surface area contributed by atoms with Gasteiger partial charge in [0.1, 0.15) is 0 Å². The summed E-state index contributed by atoms with van der Waals surface area (Å²) in [7, 11) is 3.28. The Morgan fingerprint density at radius 1 is 1.22 bits per heavy atom. The second-order valence-electron chi connectivity index (χ2n) is 6.46. The average molecular weight is 430 g/mol. The van der Waals surface area contributed by atoms with Crippen molar-refractivity contribution in [3.8, 4) is 35.3 Å². The molecule has 5 nitrogen and oxygen atoms in total. The lowest BCUT2D eigenvalue weighted by atomic mass is 9.91. The summed E-state index contributed by atoms with van der Waals surface area (Å²) in [4.78, 5) is 2.27. The van der Waals surface area contributed by atoms with Gasteiger partial charge < -0.3 is 18.9 Å². The van der Waals surface area contributed by atoms with E-state index in [1.165, 1.54) is 5.56 Å². The van der Waals surface area contributed by atoms with E-state index in [1.54, 1.807) is 14.2 Å². The van der Waals surface area contributed by atoms with Crippen molar-refractivity contribution in [2.75, 3.05) is 27.6 Å². The van der Waals surface area contributed by atoms with Gasteiger partial charge in [0.25, 0.3) is 0 Å². The third-order valence-electron chi connectivity index (χ3n) is 5.08. The molecule has 2 aliphatic heterocycles. The Labute approximate surface area is 167 Å². The minimum atomic E-state index is -0.154. The first-order valence-corrected chi connectivity index (χ1v) is 9.47. The highest BCUT2D eigenvalue weighted by molar-refractivity contribution is 9.10. The van der Waals surface area contributed by atoms with E-state index in [2.05, 4.69) is 26.8 Å². The van der Waals surface area contributed by atoms with Crippen LogP contribution in [0, 0.1) is 12.3 Å². The molecule has 0 saturated carbocycles. The maximum absolute atomic E-state index is 5.94. The molecule has 4 rings (SSSR count). The van der Waals surface area contributed by atoms with Crippen LogP contribution in [0.15, 0.2) is 28.7 Å². The van der Waals surface area contributed by atoms with Gasteiger partial charge in [-0.3, -0.25) is 4.90 Å². The van der Waals surface area contributed by atoms with E-state index in [1.807, 2.05) is 24.3 Å². The Kier molecular flexibility index (Phi) is 4.90. The lowest BCUT2D eigenvalue weighted by molar-refractivity contribution is 0.170. The van der Waals surface area contributed by atoms with Gasteiger partial charge in [-0.05, 0) is 41.8 Å². The minimum absolute atomic E-state index is 0.154. The van der Waals surface area contributed by atoms with Gasteiger partial charge in [0.05, 0.1) is 20.3 Å². The Bertz CT molecular complexity index is 921. The number of methoxy groups -OCH3 is 2. The van der Waals surface area contributed by atoms with E-state index >= 15 is 0 Å². The first-order chi connectivity index (χ1) is 13.2. The predicted octanol–water partition coefficient (Wildman–Crippen LogP) is 3.93. The second kappa shape index (κ2) is 7.34. The normalized spacial score (nSPS) is 17.9. The van der Waals surface area contributed by atoms with Crippen molar-refractivity contribution < 1.29 is 18.9 Å². The van der Waals surface area contributed by atoms with Crippen LogP contribution in [-0.4, -0.2) is 32.5 Å². The molecule has 2 aliphatic rings. The van der Waals surface area contributed by atoms with E-state index in [4.69, 9.17) is 25.4 Å². The molecule has 6 heteroatoms. The maximum Gasteiger partial charge on any atom is 0.231 e. The quantitative estimate of drug-likeness (QED) is 0.688. The molecule has 0 N–H and O–H groups in total. The van der Waals surface area contributed by atoms with Crippen LogP contribution < -0.4 is 18.9 Å². The van der Waals surface area contributed by atoms with Gasteiger partial charge >= 0.3 is 0 Å². The molecule has 2 aromatic rings. The molecule has 2 aromatic carbocycles. The average Bonchev–Trinajstić information content (AvgIpc) is 3.17. The number of benzene rings is 2. The summed E-state index contributed by atoms with van der Waals surface area (Å²) >= 11 is 3.64. The largest absolute Gasteiger partial charge is 0.493 e. The molecule has 0 aromatic heterocycles. The molecule has 0 unspecified atom stereocenters.